The maximum Gasteiger partial charge on any atom is 0.416 e. The van der Waals surface area contributed by atoms with E-state index >= 15 is 0 Å². The number of nitrogens with zero attached hydrogens (tertiary/aromatic N) is 1. The first-order valence-electron chi connectivity index (χ1n) is 8.96. The molecular formula is C20H14F3N3O4S2. The quantitative estimate of drug-likeness (QED) is 0.407. The Labute approximate surface area is 187 Å². The Morgan fingerprint density at radius 1 is 1.16 bits per heavy atom. The number of carbonyl (C=O) groups excluding carboxylic acids is 1. The van der Waals surface area contributed by atoms with E-state index in [-0.39, 0.29) is 25.6 Å². The van der Waals surface area contributed by atoms with Gasteiger partial charge in [-0.1, -0.05) is 17.4 Å². The van der Waals surface area contributed by atoms with Crippen LogP contribution in [0.4, 0.5) is 18.9 Å². The van der Waals surface area contributed by atoms with E-state index in [1.165, 1.54) is 36.8 Å². The van der Waals surface area contributed by atoms with Crippen molar-refractivity contribution >= 4 is 51.7 Å². The van der Waals surface area contributed by atoms with Crippen LogP contribution >= 0.6 is 23.6 Å². The molecule has 4 rings (SSSR count). The van der Waals surface area contributed by atoms with Crippen molar-refractivity contribution in [1.29, 1.82) is 0 Å². The molecule has 166 valence electrons. The minimum Gasteiger partial charge on any atom is -0.493 e. The highest BCUT2D eigenvalue weighted by Crippen LogP contribution is 2.33. The number of aromatic amines is 1. The minimum atomic E-state index is -4.55. The molecular weight excluding hydrogens is 467 g/mol. The number of thiazole rings is 1. The Morgan fingerprint density at radius 3 is 2.50 bits per heavy atom. The van der Waals surface area contributed by atoms with Gasteiger partial charge in [0.05, 0.1) is 30.7 Å². The van der Waals surface area contributed by atoms with Crippen molar-refractivity contribution in [2.75, 3.05) is 19.5 Å². The lowest BCUT2D eigenvalue weighted by atomic mass is 10.2. The zero-order valence-electron chi connectivity index (χ0n) is 16.5. The molecule has 0 saturated heterocycles. The summed E-state index contributed by atoms with van der Waals surface area (Å²) in [5.74, 6) is -0.0116. The highest BCUT2D eigenvalue weighted by atomic mass is 32.1. The fourth-order valence-electron chi connectivity index (χ4n) is 3.23. The predicted octanol–water partition coefficient (Wildman–Crippen LogP) is 4.86. The molecule has 0 atom stereocenters. The Kier molecular flexibility index (Phi) is 5.42. The molecule has 2 heterocycles. The molecule has 0 aliphatic heterocycles. The lowest BCUT2D eigenvalue weighted by molar-refractivity contribution is -0.137. The zero-order valence-corrected chi connectivity index (χ0v) is 18.1. The SMILES string of the molecule is COc1cc2c(=O)[nH]c3c(C(=O)Nc4cccc(C(F)(F)F)c4)sc(=S)n3c2cc1OC. The average Bonchev–Trinajstić information content (AvgIpc) is 3.08. The van der Waals surface area contributed by atoms with Crippen molar-refractivity contribution in [3.8, 4) is 11.5 Å². The number of ether oxygens (including phenoxy) is 2. The molecule has 2 N–H and O–H groups in total. The van der Waals surface area contributed by atoms with Crippen molar-refractivity contribution < 1.29 is 27.4 Å². The summed E-state index contributed by atoms with van der Waals surface area (Å²) in [6.45, 7) is 0. The van der Waals surface area contributed by atoms with Crippen LogP contribution in [0.15, 0.2) is 41.2 Å². The molecule has 2 aromatic carbocycles. The molecule has 2 aromatic heterocycles. The van der Waals surface area contributed by atoms with E-state index < -0.39 is 23.2 Å². The van der Waals surface area contributed by atoms with E-state index in [1.807, 2.05) is 0 Å². The van der Waals surface area contributed by atoms with Gasteiger partial charge in [0.15, 0.2) is 15.5 Å². The van der Waals surface area contributed by atoms with Crippen LogP contribution in [-0.2, 0) is 6.18 Å². The normalized spacial score (nSPS) is 11.7. The van der Waals surface area contributed by atoms with Crippen molar-refractivity contribution in [2.45, 2.75) is 6.18 Å². The van der Waals surface area contributed by atoms with E-state index in [2.05, 4.69) is 10.3 Å². The third-order valence-electron chi connectivity index (χ3n) is 4.68. The molecule has 32 heavy (non-hydrogen) atoms. The summed E-state index contributed by atoms with van der Waals surface area (Å²) in [5.41, 5.74) is -0.932. The topological polar surface area (TPSA) is 84.8 Å². The van der Waals surface area contributed by atoms with Gasteiger partial charge >= 0.3 is 6.18 Å². The predicted molar refractivity (Wildman–Crippen MR) is 117 cm³/mol. The number of halogens is 3. The van der Waals surface area contributed by atoms with Crippen molar-refractivity contribution in [3.63, 3.8) is 0 Å². The van der Waals surface area contributed by atoms with Crippen LogP contribution in [0.1, 0.15) is 15.2 Å². The number of fused-ring (bicyclic) bond motifs is 3. The fraction of sp³-hybridized carbons (Fsp3) is 0.150. The third-order valence-corrected chi connectivity index (χ3v) is 6.06. The highest BCUT2D eigenvalue weighted by Gasteiger charge is 2.30. The second-order valence-electron chi connectivity index (χ2n) is 6.59. The summed E-state index contributed by atoms with van der Waals surface area (Å²) in [5, 5.41) is 2.69. The van der Waals surface area contributed by atoms with Gasteiger partial charge in [-0.15, -0.1) is 0 Å². The van der Waals surface area contributed by atoms with Gasteiger partial charge in [-0.05, 0) is 36.5 Å². The lowest BCUT2D eigenvalue weighted by Gasteiger charge is -2.11. The van der Waals surface area contributed by atoms with E-state index in [4.69, 9.17) is 21.7 Å². The van der Waals surface area contributed by atoms with E-state index in [1.54, 1.807) is 6.07 Å². The molecule has 4 aromatic rings. The average molecular weight is 481 g/mol. The van der Waals surface area contributed by atoms with Crippen molar-refractivity contribution in [2.24, 2.45) is 0 Å². The largest absolute Gasteiger partial charge is 0.493 e. The number of methoxy groups -OCH3 is 2. The second kappa shape index (κ2) is 7.95. The van der Waals surface area contributed by atoms with Crippen LogP contribution in [0, 0.1) is 3.95 Å². The highest BCUT2D eigenvalue weighted by molar-refractivity contribution is 7.73. The number of benzene rings is 2. The maximum absolute atomic E-state index is 13.0. The Hall–Kier alpha value is -3.38. The number of aromatic nitrogens is 2. The van der Waals surface area contributed by atoms with E-state index in [0.29, 0.717) is 17.0 Å². The summed E-state index contributed by atoms with van der Waals surface area (Å²) in [6, 6.07) is 7.30. The molecule has 0 aliphatic carbocycles. The van der Waals surface area contributed by atoms with Crippen LogP contribution < -0.4 is 20.3 Å². The van der Waals surface area contributed by atoms with Crippen LogP contribution in [0.25, 0.3) is 16.6 Å². The number of nitrogens with one attached hydrogen (secondary N) is 2. The van der Waals surface area contributed by atoms with Crippen LogP contribution in [0.3, 0.4) is 0 Å². The standard InChI is InChI=1S/C20H14F3N3O4S2/c1-29-13-7-11-12(8-14(13)30-2)26-16(25-17(11)27)15(32-19(26)31)18(28)24-10-5-3-4-9(6-10)20(21,22)23/h3-8H,1-2H3,(H,24,28)(H,25,27). The summed E-state index contributed by atoms with van der Waals surface area (Å²) >= 11 is 6.31. The summed E-state index contributed by atoms with van der Waals surface area (Å²) < 4.78 is 51.2. The van der Waals surface area contributed by atoms with Crippen LogP contribution in [0.5, 0.6) is 11.5 Å². The van der Waals surface area contributed by atoms with E-state index in [0.717, 1.165) is 23.5 Å². The summed E-state index contributed by atoms with van der Waals surface area (Å²) in [4.78, 5) is 28.2. The van der Waals surface area contributed by atoms with Crippen molar-refractivity contribution in [3.05, 3.63) is 61.1 Å². The summed E-state index contributed by atoms with van der Waals surface area (Å²) in [7, 11) is 2.87. The lowest BCUT2D eigenvalue weighted by Crippen LogP contribution is -2.15. The van der Waals surface area contributed by atoms with E-state index in [9.17, 15) is 22.8 Å². The number of hydrogen-bond donors (Lipinski definition) is 2. The minimum absolute atomic E-state index is 0.0428. The molecule has 0 bridgehead atoms. The fourth-order valence-corrected chi connectivity index (χ4v) is 4.51. The van der Waals surface area contributed by atoms with Crippen LogP contribution in [-0.4, -0.2) is 29.5 Å². The Bertz CT molecular complexity index is 1490. The molecule has 0 spiro atoms. The first-order valence-corrected chi connectivity index (χ1v) is 10.2. The Morgan fingerprint density at radius 2 is 1.84 bits per heavy atom. The van der Waals surface area contributed by atoms with Gasteiger partial charge in [0, 0.05) is 11.8 Å². The molecule has 0 unspecified atom stereocenters. The van der Waals surface area contributed by atoms with Gasteiger partial charge in [-0.2, -0.15) is 13.2 Å². The number of anilines is 1. The second-order valence-corrected chi connectivity index (χ2v) is 8.24. The molecule has 1 amide bonds. The number of hydrogen-bond acceptors (Lipinski definition) is 6. The van der Waals surface area contributed by atoms with Crippen LogP contribution in [0.2, 0.25) is 0 Å². The third kappa shape index (κ3) is 3.71. The first kappa shape index (κ1) is 21.8. The smallest absolute Gasteiger partial charge is 0.416 e. The van der Waals surface area contributed by atoms with Crippen molar-refractivity contribution in [1.82, 2.24) is 9.38 Å². The Balaban J connectivity index is 1.85. The number of alkyl halides is 3. The zero-order chi connectivity index (χ0) is 23.2. The van der Waals surface area contributed by atoms with Gasteiger partial charge in [-0.3, -0.25) is 14.0 Å². The molecule has 0 aliphatic rings. The monoisotopic (exact) mass is 481 g/mol. The molecule has 12 heteroatoms. The molecule has 0 fully saturated rings. The number of rotatable bonds is 4. The maximum atomic E-state index is 13.0. The molecule has 0 radical (unpaired) electrons. The summed E-state index contributed by atoms with van der Waals surface area (Å²) in [6.07, 6.45) is -4.55. The number of amides is 1. The van der Waals surface area contributed by atoms with Gasteiger partial charge < -0.3 is 19.8 Å². The van der Waals surface area contributed by atoms with Gasteiger partial charge in [0.1, 0.15) is 10.5 Å². The molecule has 0 saturated carbocycles. The number of H-pyrrole nitrogens is 1. The van der Waals surface area contributed by atoms with Gasteiger partial charge in [-0.25, -0.2) is 0 Å². The molecule has 7 nitrogen and oxygen atoms in total. The van der Waals surface area contributed by atoms with Gasteiger partial charge in [0.25, 0.3) is 11.5 Å². The van der Waals surface area contributed by atoms with Gasteiger partial charge in [0.2, 0.25) is 0 Å². The number of carbonyl (C=O) groups is 1. The first-order chi connectivity index (χ1) is 15.1.